The molecule has 33 heavy (non-hydrogen) atoms. The maximum absolute atomic E-state index is 12.9. The number of hydrogen-bond donors (Lipinski definition) is 1. The van der Waals surface area contributed by atoms with Crippen molar-refractivity contribution in [2.75, 3.05) is 26.1 Å². The number of ether oxygens (including phenoxy) is 4. The Labute approximate surface area is 197 Å². The van der Waals surface area contributed by atoms with Crippen LogP contribution in [-0.4, -0.2) is 38.8 Å². The third kappa shape index (κ3) is 5.64. The van der Waals surface area contributed by atoms with Crippen LogP contribution in [0.4, 0.5) is 5.00 Å². The number of hydrogen-bond acceptors (Lipinski definition) is 7. The fraction of sp³-hybridized carbons (Fsp3) is 0.280. The highest BCUT2D eigenvalue weighted by atomic mass is 32.1. The molecule has 0 aliphatic carbocycles. The van der Waals surface area contributed by atoms with E-state index in [0.717, 1.165) is 16.2 Å². The fourth-order valence-electron chi connectivity index (χ4n) is 3.31. The van der Waals surface area contributed by atoms with E-state index >= 15 is 0 Å². The van der Waals surface area contributed by atoms with Gasteiger partial charge in [0.05, 0.1) is 20.8 Å². The number of benzene rings is 2. The normalized spacial score (nSPS) is 11.4. The third-order valence-corrected chi connectivity index (χ3v) is 5.91. The van der Waals surface area contributed by atoms with Crippen molar-refractivity contribution >= 4 is 28.2 Å². The van der Waals surface area contributed by atoms with Gasteiger partial charge in [-0.05, 0) is 50.6 Å². The van der Waals surface area contributed by atoms with Crippen LogP contribution in [0.1, 0.15) is 29.1 Å². The van der Waals surface area contributed by atoms with Gasteiger partial charge in [-0.15, -0.1) is 11.3 Å². The molecule has 1 atom stereocenters. The van der Waals surface area contributed by atoms with Crippen LogP contribution in [-0.2, 0) is 9.53 Å². The monoisotopic (exact) mass is 469 g/mol. The maximum atomic E-state index is 12.9. The van der Waals surface area contributed by atoms with Crippen LogP contribution in [0, 0.1) is 6.92 Å². The van der Waals surface area contributed by atoms with Crippen LogP contribution in [0.2, 0.25) is 0 Å². The average molecular weight is 470 g/mol. The molecular weight excluding hydrogens is 442 g/mol. The smallest absolute Gasteiger partial charge is 0.341 e. The highest BCUT2D eigenvalue weighted by Gasteiger charge is 2.26. The number of thiophene rings is 1. The summed E-state index contributed by atoms with van der Waals surface area (Å²) < 4.78 is 21.5. The molecule has 0 saturated heterocycles. The maximum Gasteiger partial charge on any atom is 0.341 e. The predicted molar refractivity (Wildman–Crippen MR) is 129 cm³/mol. The highest BCUT2D eigenvalue weighted by Crippen LogP contribution is 2.41. The van der Waals surface area contributed by atoms with Crippen LogP contribution in [0.3, 0.4) is 0 Å². The lowest BCUT2D eigenvalue weighted by Gasteiger charge is -2.15. The van der Waals surface area contributed by atoms with Crippen LogP contribution in [0.15, 0.2) is 48.5 Å². The summed E-state index contributed by atoms with van der Waals surface area (Å²) in [5, 5.41) is 3.25. The van der Waals surface area contributed by atoms with Crippen molar-refractivity contribution in [2.24, 2.45) is 0 Å². The lowest BCUT2D eigenvalue weighted by Crippen LogP contribution is -2.30. The molecule has 174 valence electrons. The van der Waals surface area contributed by atoms with Gasteiger partial charge >= 0.3 is 5.97 Å². The van der Waals surface area contributed by atoms with Crippen molar-refractivity contribution < 1.29 is 28.5 Å². The van der Waals surface area contributed by atoms with Gasteiger partial charge in [0.2, 0.25) is 0 Å². The van der Waals surface area contributed by atoms with Gasteiger partial charge in [0.15, 0.2) is 6.10 Å². The molecule has 0 aliphatic heterocycles. The van der Waals surface area contributed by atoms with Crippen molar-refractivity contribution in [3.63, 3.8) is 0 Å². The Bertz CT molecular complexity index is 1120. The zero-order valence-electron chi connectivity index (χ0n) is 19.3. The van der Waals surface area contributed by atoms with Crippen LogP contribution >= 0.6 is 11.3 Å². The fourth-order valence-corrected chi connectivity index (χ4v) is 4.37. The van der Waals surface area contributed by atoms with E-state index in [1.165, 1.54) is 18.4 Å². The second kappa shape index (κ2) is 10.9. The van der Waals surface area contributed by atoms with Crippen molar-refractivity contribution in [1.29, 1.82) is 0 Å². The van der Waals surface area contributed by atoms with E-state index in [9.17, 15) is 9.59 Å². The summed E-state index contributed by atoms with van der Waals surface area (Å²) >= 11 is 1.31. The Balaban J connectivity index is 1.87. The number of amides is 1. The summed E-state index contributed by atoms with van der Waals surface area (Å²) in [5.41, 5.74) is 1.85. The number of nitrogens with one attached hydrogen (secondary N) is 1. The van der Waals surface area contributed by atoms with E-state index in [1.807, 2.05) is 38.1 Å². The molecule has 1 heterocycles. The summed E-state index contributed by atoms with van der Waals surface area (Å²) in [4.78, 5) is 26.4. The van der Waals surface area contributed by atoms with Crippen molar-refractivity contribution in [3.05, 3.63) is 59.0 Å². The number of aryl methyl sites for hydroxylation is 1. The quantitative estimate of drug-likeness (QED) is 0.427. The van der Waals surface area contributed by atoms with Gasteiger partial charge in [-0.25, -0.2) is 4.79 Å². The van der Waals surface area contributed by atoms with E-state index in [4.69, 9.17) is 18.9 Å². The lowest BCUT2D eigenvalue weighted by molar-refractivity contribution is -0.122. The van der Waals surface area contributed by atoms with Gasteiger partial charge in [-0.2, -0.15) is 0 Å². The molecule has 1 aromatic heterocycles. The Hall–Kier alpha value is -3.52. The molecule has 0 saturated carbocycles. The van der Waals surface area contributed by atoms with E-state index in [1.54, 1.807) is 38.3 Å². The third-order valence-electron chi connectivity index (χ3n) is 4.89. The molecule has 7 nitrogen and oxygen atoms in total. The molecule has 0 aliphatic rings. The molecule has 1 N–H and O–H groups in total. The van der Waals surface area contributed by atoms with Crippen LogP contribution < -0.4 is 19.5 Å². The van der Waals surface area contributed by atoms with Gasteiger partial charge in [0.1, 0.15) is 27.8 Å². The minimum Gasteiger partial charge on any atom is -0.497 e. The Morgan fingerprint density at radius 3 is 2.36 bits per heavy atom. The van der Waals surface area contributed by atoms with Crippen molar-refractivity contribution in [1.82, 2.24) is 0 Å². The molecular formula is C25H27NO6S. The molecule has 3 aromatic rings. The van der Waals surface area contributed by atoms with Crippen molar-refractivity contribution in [2.45, 2.75) is 26.9 Å². The van der Waals surface area contributed by atoms with Gasteiger partial charge in [-0.3, -0.25) is 4.79 Å². The zero-order valence-corrected chi connectivity index (χ0v) is 20.1. The van der Waals surface area contributed by atoms with E-state index < -0.39 is 12.1 Å². The van der Waals surface area contributed by atoms with Crippen LogP contribution in [0.25, 0.3) is 11.1 Å². The minimum atomic E-state index is -0.807. The molecule has 3 rings (SSSR count). The number of carbonyl (C=O) groups is 2. The van der Waals surface area contributed by atoms with E-state index in [-0.39, 0.29) is 5.91 Å². The Kier molecular flexibility index (Phi) is 7.95. The first kappa shape index (κ1) is 24.1. The van der Waals surface area contributed by atoms with Gasteiger partial charge in [-0.1, -0.05) is 18.2 Å². The molecule has 0 fully saturated rings. The highest BCUT2D eigenvalue weighted by molar-refractivity contribution is 7.17. The second-order valence-corrected chi connectivity index (χ2v) is 8.34. The molecule has 1 unspecified atom stereocenters. The topological polar surface area (TPSA) is 83.1 Å². The molecule has 1 amide bonds. The lowest BCUT2D eigenvalue weighted by atomic mass is 10.0. The summed E-state index contributed by atoms with van der Waals surface area (Å²) in [5.74, 6) is 0.956. The molecule has 2 aromatic carbocycles. The number of anilines is 1. The van der Waals surface area contributed by atoms with Gasteiger partial charge < -0.3 is 24.3 Å². The molecule has 0 bridgehead atoms. The first-order valence-electron chi connectivity index (χ1n) is 10.4. The van der Waals surface area contributed by atoms with Gasteiger partial charge in [0, 0.05) is 16.5 Å². The van der Waals surface area contributed by atoms with E-state index in [0.29, 0.717) is 34.2 Å². The number of rotatable bonds is 9. The zero-order chi connectivity index (χ0) is 24.0. The molecule has 0 radical (unpaired) electrons. The summed E-state index contributed by atoms with van der Waals surface area (Å²) in [6.07, 6.45) is -0.807. The summed E-state index contributed by atoms with van der Waals surface area (Å²) in [7, 11) is 2.88. The average Bonchev–Trinajstić information content (AvgIpc) is 3.14. The van der Waals surface area contributed by atoms with E-state index in [2.05, 4.69) is 5.32 Å². The first-order valence-corrected chi connectivity index (χ1v) is 11.3. The van der Waals surface area contributed by atoms with Gasteiger partial charge in [0.25, 0.3) is 5.91 Å². The first-order chi connectivity index (χ1) is 15.9. The standard InChI is InChI=1S/C25H27NO6S/c1-6-31-18-12-10-17(11-13-18)21-16(3)33-24(22(21)25(28)30-5)26-23(27)15(2)32-20-9-7-8-19(14-20)29-4/h7-15H,6H2,1-5H3,(H,26,27). The van der Waals surface area contributed by atoms with Crippen LogP contribution in [0.5, 0.6) is 17.2 Å². The second-order valence-electron chi connectivity index (χ2n) is 7.11. The van der Waals surface area contributed by atoms with Crippen molar-refractivity contribution in [3.8, 4) is 28.4 Å². The largest absolute Gasteiger partial charge is 0.497 e. The Morgan fingerprint density at radius 1 is 1.03 bits per heavy atom. The number of carbonyl (C=O) groups excluding carboxylic acids is 2. The SMILES string of the molecule is CCOc1ccc(-c2c(C)sc(NC(=O)C(C)Oc3cccc(OC)c3)c2C(=O)OC)cc1. The molecule has 8 heteroatoms. The minimum absolute atomic E-state index is 0.311. The number of methoxy groups -OCH3 is 2. The molecule has 0 spiro atoms. The Morgan fingerprint density at radius 2 is 1.73 bits per heavy atom. The number of esters is 1. The summed E-state index contributed by atoms with van der Waals surface area (Å²) in [6, 6.07) is 14.5. The summed E-state index contributed by atoms with van der Waals surface area (Å²) in [6.45, 7) is 6.02. The predicted octanol–water partition coefficient (Wildman–Crippen LogP) is 5.32.